The molecule has 2 saturated heterocycles. The van der Waals surface area contributed by atoms with Crippen molar-refractivity contribution in [3.05, 3.63) is 208 Å². The standard InChI is InChI=1S/C47H51NO14.C29H28ClF3N6O4/c1-25-31(60-43(56)36(52)35(28-16-10-7-11-17-28)48-41(54)29-18-12-8-13-19-29)23-47(57)40(61-42(55)30-20-14-9-15-21-30)38-45(6,32(51)22-33-46(38,24-58-33)62-27(3)50)39(53)37(59-26(2)49)34(25)44(47,4)5;30-20-7-4-19(5-8-20)6-9-25(40)38-23(15-21-3-1-2-12-34-21)28(42)35-17-27(41)39-13-10-22(11-14-39)43-26-16-24(29(31,32)33)36-18-37-26/h7-21,31-33,35-38,40,51-52,57H,22-24H2,1-6H3,(H,48,54);1-9,12,16,18,22-23H,10-11,13-15,17H2,(H,35,42)(H,38,40)/b;9-6+/t31-,32-,33+,35-,36+,37+,38-,40-,45+,46-,47+;23-/m00/s1. The number of esters is 4. The zero-order valence-corrected chi connectivity index (χ0v) is 58.7. The topological polar surface area (TPSA) is 348 Å². The molecule has 4 fully saturated rings. The van der Waals surface area contributed by atoms with Gasteiger partial charge in [-0.15, -0.1) is 0 Å². The highest BCUT2D eigenvalue weighted by atomic mass is 35.5. The van der Waals surface area contributed by atoms with E-state index in [1.807, 2.05) is 0 Å². The number of pyridine rings is 1. The second kappa shape index (κ2) is 32.4. The first-order valence-corrected chi connectivity index (χ1v) is 34.2. The average Bonchev–Trinajstić information content (AvgIpc) is 0.667. The number of ether oxygens (including phenoxy) is 6. The van der Waals surface area contributed by atoms with Crippen molar-refractivity contribution >= 4 is 71.0 Å². The van der Waals surface area contributed by atoms with E-state index in [2.05, 4.69) is 30.9 Å². The number of ketones is 1. The van der Waals surface area contributed by atoms with Gasteiger partial charge in [-0.1, -0.05) is 110 Å². The Morgan fingerprint density at radius 1 is 0.800 bits per heavy atom. The predicted octanol–water partition coefficient (Wildman–Crippen LogP) is 7.21. The monoisotopic (exact) mass is 1470 g/mol. The second-order valence-corrected chi connectivity index (χ2v) is 27.4. The van der Waals surface area contributed by atoms with Crippen LogP contribution in [0.25, 0.3) is 6.08 Å². The summed E-state index contributed by atoms with van der Waals surface area (Å²) < 4.78 is 74.5. The lowest BCUT2D eigenvalue weighted by atomic mass is 9.44. The fourth-order valence-corrected chi connectivity index (χ4v) is 14.6. The number of amides is 4. The minimum atomic E-state index is -4.62. The third-order valence-electron chi connectivity index (χ3n) is 20.0. The number of halogens is 4. The van der Waals surface area contributed by atoms with Crippen LogP contribution in [0.3, 0.4) is 0 Å². The quantitative estimate of drug-likeness (QED) is 0.0190. The van der Waals surface area contributed by atoms with Gasteiger partial charge in [0, 0.05) is 99.1 Å². The van der Waals surface area contributed by atoms with E-state index in [0.29, 0.717) is 29.1 Å². The number of aliphatic hydroxyl groups excluding tert-OH is 2. The van der Waals surface area contributed by atoms with Gasteiger partial charge < -0.3 is 64.6 Å². The first-order valence-electron chi connectivity index (χ1n) is 33.8. The number of aromatic nitrogens is 3. The van der Waals surface area contributed by atoms with Crippen molar-refractivity contribution in [2.45, 2.75) is 146 Å². The number of piperidine rings is 1. The summed E-state index contributed by atoms with van der Waals surface area (Å²) in [6, 6.07) is 34.7. The van der Waals surface area contributed by atoms with E-state index >= 15 is 4.79 Å². The molecule has 2 saturated carbocycles. The number of nitrogens with zero attached hydrogens (tertiary/aromatic N) is 4. The Hall–Kier alpha value is -10.3. The lowest BCUT2D eigenvalue weighted by Gasteiger charge is -2.67. The van der Waals surface area contributed by atoms with Gasteiger partial charge >= 0.3 is 30.1 Å². The van der Waals surface area contributed by atoms with Crippen LogP contribution in [0.1, 0.15) is 116 Å². The molecule has 6 N–H and O–H groups in total. The van der Waals surface area contributed by atoms with E-state index in [1.54, 1.807) is 147 Å². The van der Waals surface area contributed by atoms with Crippen molar-refractivity contribution in [3.63, 3.8) is 0 Å². The van der Waals surface area contributed by atoms with E-state index in [-0.39, 0.29) is 73.1 Å². The van der Waals surface area contributed by atoms with Crippen molar-refractivity contribution in [1.29, 1.82) is 0 Å². The van der Waals surface area contributed by atoms with Gasteiger partial charge in [0.05, 0.1) is 42.2 Å². The van der Waals surface area contributed by atoms with E-state index in [4.69, 9.17) is 40.0 Å². The Balaban J connectivity index is 0.000000241. The zero-order valence-electron chi connectivity index (χ0n) is 58.0. The summed E-state index contributed by atoms with van der Waals surface area (Å²) in [7, 11) is 0. The Morgan fingerprint density at radius 3 is 2.04 bits per heavy atom. The summed E-state index contributed by atoms with van der Waals surface area (Å²) in [6.45, 7) is 8.23. The first-order chi connectivity index (χ1) is 49.8. The number of carbonyl (C=O) groups excluding carboxylic acids is 9. The molecule has 11 rings (SSSR count). The summed E-state index contributed by atoms with van der Waals surface area (Å²) >= 11 is 5.89. The first kappa shape index (κ1) is 77.4. The fourth-order valence-electron chi connectivity index (χ4n) is 14.4. The Kier molecular flexibility index (Phi) is 23.9. The van der Waals surface area contributed by atoms with Crippen molar-refractivity contribution in [3.8, 4) is 5.88 Å². The van der Waals surface area contributed by atoms with Gasteiger partial charge in [-0.3, -0.25) is 38.5 Å². The molecule has 4 heterocycles. The molecule has 2 aliphatic heterocycles. The molecule has 0 spiro atoms. The molecular formula is C76H79ClF3N7O18. The van der Waals surface area contributed by atoms with Crippen LogP contribution in [0.4, 0.5) is 13.2 Å². The lowest BCUT2D eigenvalue weighted by molar-refractivity contribution is -0.346. The van der Waals surface area contributed by atoms with Gasteiger partial charge in [-0.05, 0) is 90.7 Å². The third kappa shape index (κ3) is 17.1. The number of fused-ring (bicyclic) bond motifs is 5. The Labute approximate surface area is 606 Å². The summed E-state index contributed by atoms with van der Waals surface area (Å²) in [4.78, 5) is 135. The highest BCUT2D eigenvalue weighted by molar-refractivity contribution is 6.30. The number of nitrogens with one attached hydrogen (secondary N) is 3. The molecule has 12 atom stereocenters. The minimum Gasteiger partial charge on any atom is -0.474 e. The highest BCUT2D eigenvalue weighted by Crippen LogP contribution is 2.64. The molecule has 5 aliphatic rings. The smallest absolute Gasteiger partial charge is 0.433 e. The number of Topliss-reactive ketones (excluding diaryl/α,β-unsaturated/α-hetero) is 1. The molecule has 2 bridgehead atoms. The number of aliphatic hydroxyl groups is 3. The molecule has 4 aromatic carbocycles. The largest absolute Gasteiger partial charge is 0.474 e. The van der Waals surface area contributed by atoms with Gasteiger partial charge in [-0.2, -0.15) is 13.2 Å². The summed E-state index contributed by atoms with van der Waals surface area (Å²) in [5.41, 5.74) is -6.80. The van der Waals surface area contributed by atoms with Gasteiger partial charge in [0.1, 0.15) is 42.4 Å². The minimum absolute atomic E-state index is 0.00289. The van der Waals surface area contributed by atoms with Crippen LogP contribution in [0.2, 0.25) is 5.02 Å². The van der Waals surface area contributed by atoms with Crippen molar-refractivity contribution < 1.29 is 100 Å². The molecule has 0 unspecified atom stereocenters. The molecule has 4 amide bonds. The van der Waals surface area contributed by atoms with Gasteiger partial charge in [0.25, 0.3) is 5.91 Å². The molecule has 3 aliphatic carbocycles. The second-order valence-electron chi connectivity index (χ2n) is 27.0. The van der Waals surface area contributed by atoms with Crippen LogP contribution < -0.4 is 20.7 Å². The number of hydrogen-bond donors (Lipinski definition) is 6. The normalized spacial score (nSPS) is 24.8. The number of alkyl halides is 3. The molecule has 2 aromatic heterocycles. The lowest BCUT2D eigenvalue weighted by Crippen LogP contribution is -2.82. The van der Waals surface area contributed by atoms with Gasteiger partial charge in [0.15, 0.2) is 29.3 Å². The number of carbonyl (C=O) groups is 9. The number of hydrogen-bond acceptors (Lipinski definition) is 21. The molecule has 0 radical (unpaired) electrons. The molecule has 29 heteroatoms. The van der Waals surface area contributed by atoms with Crippen LogP contribution in [0, 0.1) is 16.7 Å². The molecule has 6 aromatic rings. The number of rotatable bonds is 20. The van der Waals surface area contributed by atoms with Crippen LogP contribution >= 0.6 is 11.6 Å². The van der Waals surface area contributed by atoms with Crippen LogP contribution in [-0.4, -0.2) is 175 Å². The maximum Gasteiger partial charge on any atom is 0.433 e. The van der Waals surface area contributed by atoms with Crippen molar-refractivity contribution in [1.82, 2.24) is 35.8 Å². The number of likely N-dealkylation sites (tertiary alicyclic amines) is 1. The Bertz CT molecular complexity index is 4250. The van der Waals surface area contributed by atoms with Crippen molar-refractivity contribution in [2.24, 2.45) is 16.7 Å². The summed E-state index contributed by atoms with van der Waals surface area (Å²) in [6.07, 6.45) is -9.49. The summed E-state index contributed by atoms with van der Waals surface area (Å²) in [5.74, 6) is -8.45. The van der Waals surface area contributed by atoms with Crippen LogP contribution in [-0.2, 0) is 69.8 Å². The number of benzene rings is 4. The van der Waals surface area contributed by atoms with Gasteiger partial charge in [0.2, 0.25) is 23.6 Å². The molecule has 25 nitrogen and oxygen atoms in total. The summed E-state index contributed by atoms with van der Waals surface area (Å²) in [5, 5.41) is 46.1. The van der Waals surface area contributed by atoms with Crippen LogP contribution in [0.15, 0.2) is 169 Å². The van der Waals surface area contributed by atoms with Gasteiger partial charge in [-0.25, -0.2) is 19.6 Å². The van der Waals surface area contributed by atoms with E-state index in [0.717, 1.165) is 31.8 Å². The maximum atomic E-state index is 15.5. The van der Waals surface area contributed by atoms with Crippen LogP contribution in [0.5, 0.6) is 5.88 Å². The molecular weight excluding hydrogens is 1390 g/mol. The van der Waals surface area contributed by atoms with E-state index in [9.17, 15) is 66.8 Å². The maximum absolute atomic E-state index is 15.5. The predicted molar refractivity (Wildman–Crippen MR) is 368 cm³/mol. The fraction of sp³-hybridized carbons (Fsp3) is 0.395. The molecule has 105 heavy (non-hydrogen) atoms. The van der Waals surface area contributed by atoms with Crippen molar-refractivity contribution in [2.75, 3.05) is 26.2 Å². The highest BCUT2D eigenvalue weighted by Gasteiger charge is 2.78. The average molecular weight is 1470 g/mol. The Morgan fingerprint density at radius 2 is 1.44 bits per heavy atom. The third-order valence-corrected chi connectivity index (χ3v) is 20.2. The molecule has 554 valence electrons. The SMILES string of the molecule is CC(=O)O[C@H]1C(=O)[C@@]2(C)[C@H]([C@H](OC(=O)c3ccccc3)[C@]3(O)C[C@H](OC(=O)[C@H](O)[C@@H](NC(=O)c4ccccc4)c4ccccc4)C(C)=C1C3(C)C)[C@]1(OC(C)=O)CO[C@@H]1C[C@@H]2O.O=C(/C=C/c1ccc(Cl)cc1)N[C@@H](Cc1ccccn1)C(=O)NCC(=O)N1CCC(Oc2cc(C(F)(F)F)ncn2)CC1. The van der Waals surface area contributed by atoms with E-state index in [1.165, 1.54) is 37.0 Å². The zero-order chi connectivity index (χ0) is 75.8. The van der Waals surface area contributed by atoms with E-state index < -0.39 is 148 Å².